The van der Waals surface area contributed by atoms with Crippen LogP contribution in [0.1, 0.15) is 24.0 Å². The third-order valence-electron chi connectivity index (χ3n) is 5.73. The molecule has 0 aliphatic carbocycles. The van der Waals surface area contributed by atoms with E-state index in [9.17, 15) is 0 Å². The van der Waals surface area contributed by atoms with Gasteiger partial charge in [-0.25, -0.2) is 10.0 Å². The van der Waals surface area contributed by atoms with Crippen molar-refractivity contribution >= 4 is 51.1 Å². The first-order chi connectivity index (χ1) is 16.5. The van der Waals surface area contributed by atoms with Crippen molar-refractivity contribution in [3.8, 4) is 0 Å². The molecule has 0 spiro atoms. The average Bonchev–Trinajstić information content (AvgIpc) is 2.82. The van der Waals surface area contributed by atoms with E-state index in [0.717, 1.165) is 55.1 Å². The van der Waals surface area contributed by atoms with Gasteiger partial charge in [-0.1, -0.05) is 51.8 Å². The van der Waals surface area contributed by atoms with Crippen molar-refractivity contribution < 1.29 is 0 Å². The van der Waals surface area contributed by atoms with Crippen molar-refractivity contribution in [3.63, 3.8) is 0 Å². The number of likely N-dealkylation sites (tertiary alicyclic amines) is 1. The van der Waals surface area contributed by atoms with Crippen molar-refractivity contribution in [1.29, 1.82) is 0 Å². The highest BCUT2D eigenvalue weighted by molar-refractivity contribution is 9.09. The second-order valence-electron chi connectivity index (χ2n) is 8.31. The van der Waals surface area contributed by atoms with Crippen LogP contribution in [0.25, 0.3) is 0 Å². The maximum atomic E-state index is 6.20. The molecule has 9 heteroatoms. The van der Waals surface area contributed by atoms with Gasteiger partial charge in [-0.2, -0.15) is 5.10 Å². The number of aromatic nitrogens is 1. The molecule has 1 unspecified atom stereocenters. The van der Waals surface area contributed by atoms with Crippen molar-refractivity contribution in [2.45, 2.75) is 25.9 Å². The van der Waals surface area contributed by atoms with E-state index < -0.39 is 0 Å². The molecule has 6 nitrogen and oxygen atoms in total. The first-order valence-electron chi connectivity index (χ1n) is 11.2. The highest BCUT2D eigenvalue weighted by Crippen LogP contribution is 2.27. The van der Waals surface area contributed by atoms with Gasteiger partial charge >= 0.3 is 0 Å². The number of benzene rings is 1. The van der Waals surface area contributed by atoms with Gasteiger partial charge in [-0.05, 0) is 54.8 Å². The van der Waals surface area contributed by atoms with Crippen LogP contribution in [0.15, 0.2) is 77.1 Å². The van der Waals surface area contributed by atoms with E-state index in [2.05, 4.69) is 48.9 Å². The van der Waals surface area contributed by atoms with Crippen molar-refractivity contribution in [3.05, 3.63) is 88.2 Å². The van der Waals surface area contributed by atoms with Gasteiger partial charge in [0.2, 0.25) is 0 Å². The number of hydrogen-bond donors (Lipinski definition) is 1. The molecule has 34 heavy (non-hydrogen) atoms. The molecule has 2 aromatic rings. The summed E-state index contributed by atoms with van der Waals surface area (Å²) >= 11 is 15.8. The molecule has 0 radical (unpaired) electrons. The molecule has 2 aliphatic heterocycles. The van der Waals surface area contributed by atoms with Crippen LogP contribution >= 0.6 is 39.1 Å². The normalized spacial score (nSPS) is 19.3. The minimum absolute atomic E-state index is 0.303. The zero-order valence-electron chi connectivity index (χ0n) is 18.8. The van der Waals surface area contributed by atoms with E-state index in [1.807, 2.05) is 30.5 Å². The minimum Gasteiger partial charge on any atom is -0.366 e. The number of pyridine rings is 1. The lowest BCUT2D eigenvalue weighted by atomic mass is 9.92. The maximum Gasteiger partial charge on any atom is 0.148 e. The average molecular weight is 562 g/mol. The van der Waals surface area contributed by atoms with Gasteiger partial charge in [0, 0.05) is 65.6 Å². The van der Waals surface area contributed by atoms with Crippen LogP contribution in [0.2, 0.25) is 10.0 Å². The van der Waals surface area contributed by atoms with Gasteiger partial charge in [0.1, 0.15) is 11.6 Å². The molecule has 2 aliphatic rings. The fraction of sp³-hybridized carbons (Fsp3) is 0.320. The summed E-state index contributed by atoms with van der Waals surface area (Å²) in [6.07, 6.45) is 9.69. The summed E-state index contributed by atoms with van der Waals surface area (Å²) < 4.78 is 0. The Balaban J connectivity index is 1.50. The molecule has 1 saturated heterocycles. The zero-order valence-corrected chi connectivity index (χ0v) is 21.9. The SMILES string of the molecule is C=C1N=C(C2CCCN(Cc3cc(Cl)cc(Cl)c3)C2)C=C(NCc2cccnc2)N1/N=C\CBr. The third kappa shape index (κ3) is 6.69. The maximum absolute atomic E-state index is 6.20. The van der Waals surface area contributed by atoms with Gasteiger partial charge in [0.25, 0.3) is 0 Å². The first kappa shape index (κ1) is 24.9. The quantitative estimate of drug-likeness (QED) is 0.325. The molecule has 3 heterocycles. The minimum atomic E-state index is 0.303. The zero-order chi connectivity index (χ0) is 23.9. The highest BCUT2D eigenvalue weighted by atomic mass is 79.9. The number of hydrazone groups is 1. The summed E-state index contributed by atoms with van der Waals surface area (Å²) in [4.78, 5) is 11.5. The van der Waals surface area contributed by atoms with E-state index in [1.165, 1.54) is 0 Å². The van der Waals surface area contributed by atoms with Crippen LogP contribution in [-0.4, -0.2) is 45.2 Å². The molecular weight excluding hydrogens is 535 g/mol. The number of aliphatic imine (C=N–C) groups is 1. The highest BCUT2D eigenvalue weighted by Gasteiger charge is 2.28. The summed E-state index contributed by atoms with van der Waals surface area (Å²) in [7, 11) is 0. The molecule has 1 aromatic carbocycles. The molecule has 1 N–H and O–H groups in total. The Morgan fingerprint density at radius 1 is 1.24 bits per heavy atom. The largest absolute Gasteiger partial charge is 0.366 e. The molecule has 1 atom stereocenters. The van der Waals surface area contributed by atoms with Crippen LogP contribution in [0.4, 0.5) is 0 Å². The molecular formula is C25H27BrCl2N6. The first-order valence-corrected chi connectivity index (χ1v) is 13.1. The lowest BCUT2D eigenvalue weighted by molar-refractivity contribution is 0.196. The van der Waals surface area contributed by atoms with Crippen molar-refractivity contribution in [2.75, 3.05) is 18.4 Å². The fourth-order valence-corrected chi connectivity index (χ4v) is 4.94. The molecule has 1 aromatic heterocycles. The van der Waals surface area contributed by atoms with Crippen LogP contribution in [-0.2, 0) is 13.1 Å². The fourth-order valence-electron chi connectivity index (χ4n) is 4.24. The summed E-state index contributed by atoms with van der Waals surface area (Å²) in [5.74, 6) is 1.76. The Bertz CT molecular complexity index is 1080. The number of nitrogens with one attached hydrogen (secondary N) is 1. The number of hydrogen-bond acceptors (Lipinski definition) is 6. The smallest absolute Gasteiger partial charge is 0.148 e. The van der Waals surface area contributed by atoms with Crippen molar-refractivity contribution in [1.82, 2.24) is 20.2 Å². The second kappa shape index (κ2) is 12.0. The molecule has 4 rings (SSSR count). The van der Waals surface area contributed by atoms with Crippen LogP contribution < -0.4 is 5.32 Å². The second-order valence-corrected chi connectivity index (χ2v) is 9.83. The Hall–Kier alpha value is -2.19. The lowest BCUT2D eigenvalue weighted by Gasteiger charge is -2.35. The topological polar surface area (TPSA) is 56.1 Å². The molecule has 0 amide bonds. The van der Waals surface area contributed by atoms with Gasteiger partial charge in [-0.15, -0.1) is 0 Å². The van der Waals surface area contributed by atoms with Gasteiger partial charge in [0.05, 0.1) is 5.71 Å². The lowest BCUT2D eigenvalue weighted by Crippen LogP contribution is -2.40. The third-order valence-corrected chi connectivity index (χ3v) is 6.46. The number of nitrogens with zero attached hydrogens (tertiary/aromatic N) is 5. The number of rotatable bonds is 8. The van der Waals surface area contributed by atoms with Gasteiger partial charge < -0.3 is 5.32 Å². The Morgan fingerprint density at radius 3 is 2.79 bits per heavy atom. The molecule has 0 bridgehead atoms. The molecule has 1 fully saturated rings. The standard InChI is InChI=1S/C25H27BrCl2N6/c1-18-32-24(13-25(34(18)31-8-6-26)30-15-19-4-2-7-29-14-19)21-5-3-9-33(17-21)16-20-10-22(27)12-23(28)11-20/h2,4,7-8,10-14,21,30H,1,3,5-6,9,15-17H2/b31-8-. The van der Waals surface area contributed by atoms with E-state index in [4.69, 9.17) is 28.2 Å². The van der Waals surface area contributed by atoms with Gasteiger partial charge in [0.15, 0.2) is 0 Å². The van der Waals surface area contributed by atoms with Crippen LogP contribution in [0, 0.1) is 5.92 Å². The summed E-state index contributed by atoms with van der Waals surface area (Å²) in [5.41, 5.74) is 3.24. The Morgan fingerprint density at radius 2 is 2.06 bits per heavy atom. The molecule has 178 valence electrons. The summed E-state index contributed by atoms with van der Waals surface area (Å²) in [6, 6.07) is 9.71. The summed E-state index contributed by atoms with van der Waals surface area (Å²) in [5, 5.41) is 11.7. The Labute approximate surface area is 219 Å². The van der Waals surface area contributed by atoms with E-state index in [-0.39, 0.29) is 0 Å². The van der Waals surface area contributed by atoms with Gasteiger partial charge in [-0.3, -0.25) is 9.88 Å². The predicted octanol–water partition coefficient (Wildman–Crippen LogP) is 5.84. The van der Waals surface area contributed by atoms with E-state index in [1.54, 1.807) is 23.5 Å². The van der Waals surface area contributed by atoms with Crippen molar-refractivity contribution in [2.24, 2.45) is 16.0 Å². The number of allylic oxidation sites excluding steroid dienone is 1. The Kier molecular flexibility index (Phi) is 8.78. The van der Waals surface area contributed by atoms with E-state index >= 15 is 0 Å². The number of piperidine rings is 1. The molecule has 0 saturated carbocycles. The van der Waals surface area contributed by atoms with Crippen LogP contribution in [0.3, 0.4) is 0 Å². The number of halogens is 3. The number of alkyl halides is 1. The predicted molar refractivity (Wildman–Crippen MR) is 144 cm³/mol. The monoisotopic (exact) mass is 560 g/mol. The van der Waals surface area contributed by atoms with Crippen LogP contribution in [0.5, 0.6) is 0 Å². The summed E-state index contributed by atoms with van der Waals surface area (Å²) in [6.45, 7) is 7.56. The van der Waals surface area contributed by atoms with E-state index in [0.29, 0.717) is 33.7 Å².